The van der Waals surface area contributed by atoms with E-state index in [1.165, 1.54) is 7.11 Å². The Bertz CT molecular complexity index is 393. The van der Waals surface area contributed by atoms with E-state index in [1.54, 1.807) is 24.3 Å². The van der Waals surface area contributed by atoms with Gasteiger partial charge in [-0.05, 0) is 17.7 Å². The number of carbonyl (C=O) groups is 1. The zero-order chi connectivity index (χ0) is 13.6. The summed E-state index contributed by atoms with van der Waals surface area (Å²) in [5.74, 6) is -3.14. The molecule has 0 aliphatic heterocycles. The summed E-state index contributed by atoms with van der Waals surface area (Å²) in [6.07, 6.45) is 0.00546. The van der Waals surface area contributed by atoms with Crippen molar-refractivity contribution in [1.82, 2.24) is 5.32 Å². The maximum Gasteiger partial charge on any atom is 0.287 e. The highest BCUT2D eigenvalue weighted by atomic mass is 19.3. The average Bonchev–Trinajstić information content (AvgIpc) is 2.37. The van der Waals surface area contributed by atoms with Crippen LogP contribution >= 0.6 is 0 Å². The number of alkyl halides is 2. The van der Waals surface area contributed by atoms with Gasteiger partial charge in [0.05, 0.1) is 20.1 Å². The van der Waals surface area contributed by atoms with Gasteiger partial charge in [0.15, 0.2) is 0 Å². The van der Waals surface area contributed by atoms with Crippen molar-refractivity contribution in [2.75, 3.05) is 20.3 Å². The summed E-state index contributed by atoms with van der Waals surface area (Å²) in [6, 6.07) is 6.74. The number of aliphatic hydroxyl groups excluding tert-OH is 1. The van der Waals surface area contributed by atoms with Crippen molar-refractivity contribution in [1.29, 1.82) is 0 Å². The number of carbonyl (C=O) groups excluding carboxylic acids is 1. The molecule has 1 amide bonds. The predicted octanol–water partition coefficient (Wildman–Crippen LogP) is 0.982. The molecule has 0 aliphatic rings. The molecule has 0 aromatic heterocycles. The first-order valence-electron chi connectivity index (χ1n) is 5.35. The fourth-order valence-corrected chi connectivity index (χ4v) is 1.28. The molecule has 0 aliphatic carbocycles. The first-order chi connectivity index (χ1) is 8.46. The highest BCUT2D eigenvalue weighted by Gasteiger charge is 2.27. The summed E-state index contributed by atoms with van der Waals surface area (Å²) < 4.78 is 30.3. The van der Waals surface area contributed by atoms with Crippen molar-refractivity contribution in [2.24, 2.45) is 0 Å². The average molecular weight is 259 g/mol. The van der Waals surface area contributed by atoms with E-state index in [0.717, 1.165) is 0 Å². The molecule has 0 bridgehead atoms. The van der Waals surface area contributed by atoms with Crippen molar-refractivity contribution in [2.45, 2.75) is 12.3 Å². The molecule has 1 aromatic carbocycles. The summed E-state index contributed by atoms with van der Waals surface area (Å²) in [4.78, 5) is 11.4. The number of benzene rings is 1. The number of rotatable bonds is 6. The number of aliphatic hydroxyl groups is 1. The monoisotopic (exact) mass is 259 g/mol. The lowest BCUT2D eigenvalue weighted by Gasteiger charge is -2.13. The normalized spacial score (nSPS) is 11.1. The molecule has 1 aromatic rings. The Hall–Kier alpha value is -1.69. The van der Waals surface area contributed by atoms with E-state index in [0.29, 0.717) is 11.3 Å². The van der Waals surface area contributed by atoms with Gasteiger partial charge >= 0.3 is 0 Å². The topological polar surface area (TPSA) is 58.6 Å². The molecule has 0 heterocycles. The molecule has 6 heteroatoms. The molecule has 4 nitrogen and oxygen atoms in total. The Morgan fingerprint density at radius 3 is 2.50 bits per heavy atom. The lowest BCUT2D eigenvalue weighted by molar-refractivity contribution is -0.123. The second-order valence-corrected chi connectivity index (χ2v) is 3.82. The van der Waals surface area contributed by atoms with Crippen LogP contribution in [-0.4, -0.2) is 37.2 Å². The Kier molecular flexibility index (Phi) is 5.03. The van der Waals surface area contributed by atoms with E-state index in [9.17, 15) is 13.6 Å². The fraction of sp³-hybridized carbons (Fsp3) is 0.417. The summed E-state index contributed by atoms with van der Waals surface area (Å²) in [5.41, 5.74) is 0.695. The van der Waals surface area contributed by atoms with Crippen molar-refractivity contribution in [3.05, 3.63) is 29.8 Å². The van der Waals surface area contributed by atoms with Crippen LogP contribution in [0.5, 0.6) is 5.75 Å². The minimum Gasteiger partial charge on any atom is -0.497 e. The van der Waals surface area contributed by atoms with Crippen LogP contribution in [-0.2, 0) is 11.2 Å². The molecule has 0 saturated heterocycles. The maximum absolute atomic E-state index is 12.7. The first-order valence-corrected chi connectivity index (χ1v) is 5.35. The SMILES string of the molecule is COc1ccc(CC(=O)NCC(F)(F)CO)cc1. The zero-order valence-electron chi connectivity index (χ0n) is 9.95. The number of methoxy groups -OCH3 is 1. The van der Waals surface area contributed by atoms with Crippen molar-refractivity contribution in [3.63, 3.8) is 0 Å². The molecule has 0 atom stereocenters. The van der Waals surface area contributed by atoms with Crippen LogP contribution < -0.4 is 10.1 Å². The number of amides is 1. The van der Waals surface area contributed by atoms with E-state index in [-0.39, 0.29) is 6.42 Å². The molecule has 100 valence electrons. The maximum atomic E-state index is 12.7. The van der Waals surface area contributed by atoms with E-state index in [4.69, 9.17) is 9.84 Å². The lowest BCUT2D eigenvalue weighted by atomic mass is 10.1. The van der Waals surface area contributed by atoms with Gasteiger partial charge in [-0.15, -0.1) is 0 Å². The third-order valence-corrected chi connectivity index (χ3v) is 2.30. The van der Waals surface area contributed by atoms with Crippen LogP contribution in [0.2, 0.25) is 0 Å². The summed E-state index contributed by atoms with van der Waals surface area (Å²) in [6.45, 7) is -2.14. The van der Waals surface area contributed by atoms with E-state index in [2.05, 4.69) is 5.32 Å². The Labute approximate surface area is 104 Å². The van der Waals surface area contributed by atoms with Crippen LogP contribution in [0.4, 0.5) is 8.78 Å². The summed E-state index contributed by atoms with van der Waals surface area (Å²) in [7, 11) is 1.53. The lowest BCUT2D eigenvalue weighted by Crippen LogP contribution is -2.39. The van der Waals surface area contributed by atoms with Gasteiger partial charge in [-0.3, -0.25) is 4.79 Å². The Balaban J connectivity index is 2.44. The molecule has 0 saturated carbocycles. The molecule has 2 N–H and O–H groups in total. The van der Waals surface area contributed by atoms with Crippen LogP contribution in [0.25, 0.3) is 0 Å². The van der Waals surface area contributed by atoms with Crippen molar-refractivity contribution in [3.8, 4) is 5.75 Å². The van der Waals surface area contributed by atoms with Crippen LogP contribution in [0.3, 0.4) is 0 Å². The number of halogens is 2. The highest BCUT2D eigenvalue weighted by Crippen LogP contribution is 2.12. The van der Waals surface area contributed by atoms with Crippen LogP contribution in [0, 0.1) is 0 Å². The highest BCUT2D eigenvalue weighted by molar-refractivity contribution is 5.78. The second-order valence-electron chi connectivity index (χ2n) is 3.82. The zero-order valence-corrected chi connectivity index (χ0v) is 9.95. The molecule has 0 unspecified atom stereocenters. The van der Waals surface area contributed by atoms with Gasteiger partial charge in [-0.1, -0.05) is 12.1 Å². The Morgan fingerprint density at radius 2 is 2.00 bits per heavy atom. The van der Waals surface area contributed by atoms with Crippen LogP contribution in [0.15, 0.2) is 24.3 Å². The quantitative estimate of drug-likeness (QED) is 0.800. The molecular formula is C12H15F2NO3. The minimum atomic E-state index is -3.28. The molecular weight excluding hydrogens is 244 g/mol. The first kappa shape index (κ1) is 14.4. The smallest absolute Gasteiger partial charge is 0.287 e. The standard InChI is InChI=1S/C12H15F2NO3/c1-18-10-4-2-9(3-5-10)6-11(17)15-7-12(13,14)8-16/h2-5,16H,6-8H2,1H3,(H,15,17). The predicted molar refractivity (Wildman–Crippen MR) is 61.7 cm³/mol. The van der Waals surface area contributed by atoms with Gasteiger partial charge in [-0.25, -0.2) is 8.78 Å². The van der Waals surface area contributed by atoms with Crippen molar-refractivity contribution >= 4 is 5.91 Å². The van der Waals surface area contributed by atoms with E-state index in [1.807, 2.05) is 0 Å². The van der Waals surface area contributed by atoms with Gasteiger partial charge in [0.2, 0.25) is 5.91 Å². The molecule has 18 heavy (non-hydrogen) atoms. The van der Waals surface area contributed by atoms with Crippen molar-refractivity contribution < 1.29 is 23.4 Å². The van der Waals surface area contributed by atoms with Gasteiger partial charge in [0.25, 0.3) is 5.92 Å². The minimum absolute atomic E-state index is 0.00546. The number of ether oxygens (including phenoxy) is 1. The third-order valence-electron chi connectivity index (χ3n) is 2.30. The van der Waals surface area contributed by atoms with E-state index >= 15 is 0 Å². The van der Waals surface area contributed by atoms with Gasteiger partial charge in [-0.2, -0.15) is 0 Å². The van der Waals surface area contributed by atoms with Gasteiger partial charge in [0.1, 0.15) is 12.4 Å². The van der Waals surface area contributed by atoms with E-state index < -0.39 is 25.0 Å². The molecule has 0 fully saturated rings. The number of hydrogen-bond donors (Lipinski definition) is 2. The van der Waals surface area contributed by atoms with Gasteiger partial charge in [0, 0.05) is 0 Å². The van der Waals surface area contributed by atoms with Crippen LogP contribution in [0.1, 0.15) is 5.56 Å². The third kappa shape index (κ3) is 4.67. The summed E-state index contributed by atoms with van der Waals surface area (Å²) >= 11 is 0. The molecule has 0 spiro atoms. The van der Waals surface area contributed by atoms with Gasteiger partial charge < -0.3 is 15.2 Å². The molecule has 1 rings (SSSR count). The largest absolute Gasteiger partial charge is 0.497 e. The fourth-order valence-electron chi connectivity index (χ4n) is 1.28. The Morgan fingerprint density at radius 1 is 1.39 bits per heavy atom. The number of nitrogens with one attached hydrogen (secondary N) is 1. The summed E-state index contributed by atoms with van der Waals surface area (Å²) in [5, 5.41) is 10.4. The molecule has 0 radical (unpaired) electrons. The number of hydrogen-bond acceptors (Lipinski definition) is 3. The second kappa shape index (κ2) is 6.30.